The maximum atomic E-state index is 12.9. The van der Waals surface area contributed by atoms with Crippen molar-refractivity contribution in [2.24, 2.45) is 0 Å². The number of rotatable bonds is 5. The van der Waals surface area contributed by atoms with E-state index in [1.165, 1.54) is 12.1 Å². The maximum Gasteiger partial charge on any atom is 0.291 e. The summed E-state index contributed by atoms with van der Waals surface area (Å²) in [6, 6.07) is 11.8. The van der Waals surface area contributed by atoms with Crippen LogP contribution >= 0.6 is 11.3 Å². The Labute approximate surface area is 153 Å². The Bertz CT molecular complexity index is 1050. The molecule has 10 heteroatoms. The van der Waals surface area contributed by atoms with Gasteiger partial charge in [-0.25, -0.2) is 4.39 Å². The lowest BCUT2D eigenvalue weighted by Gasteiger charge is -2.05. The minimum absolute atomic E-state index is 0.0535. The largest absolute Gasteiger partial charge is 0.296 e. The minimum atomic E-state index is -3.99. The van der Waals surface area contributed by atoms with Crippen LogP contribution < -0.4 is 10.0 Å². The molecule has 0 atom stereocenters. The fraction of sp³-hybridized carbons (Fsp3) is 0.0625. The molecule has 0 aliphatic heterocycles. The van der Waals surface area contributed by atoms with Gasteiger partial charge in [0.1, 0.15) is 5.82 Å². The molecule has 0 unspecified atom stereocenters. The zero-order valence-corrected chi connectivity index (χ0v) is 15.1. The van der Waals surface area contributed by atoms with Crippen molar-refractivity contribution < 1.29 is 17.6 Å². The highest BCUT2D eigenvalue weighted by atomic mass is 32.2. The van der Waals surface area contributed by atoms with Crippen molar-refractivity contribution in [3.05, 3.63) is 65.5 Å². The van der Waals surface area contributed by atoms with Crippen molar-refractivity contribution in [3.8, 4) is 0 Å². The molecular formula is C16H13FN4O3S2. The number of carbonyl (C=O) groups excluding carboxylic acids is 1. The smallest absolute Gasteiger partial charge is 0.291 e. The number of nitrogens with zero attached hydrogens (tertiary/aromatic N) is 2. The first kappa shape index (κ1) is 18.0. The van der Waals surface area contributed by atoms with Crippen LogP contribution in [0.15, 0.2) is 52.9 Å². The molecule has 0 radical (unpaired) electrons. The topological polar surface area (TPSA) is 101 Å². The van der Waals surface area contributed by atoms with Crippen molar-refractivity contribution in [2.45, 2.75) is 11.3 Å². The zero-order valence-electron chi connectivity index (χ0n) is 13.4. The predicted molar refractivity (Wildman–Crippen MR) is 96.2 cm³/mol. The van der Waals surface area contributed by atoms with E-state index in [-0.39, 0.29) is 15.2 Å². The van der Waals surface area contributed by atoms with E-state index in [0.717, 1.165) is 17.7 Å². The lowest BCUT2D eigenvalue weighted by Crippen LogP contribution is -2.13. The Balaban J connectivity index is 1.75. The molecule has 0 spiro atoms. The van der Waals surface area contributed by atoms with Gasteiger partial charge in [0, 0.05) is 11.3 Å². The summed E-state index contributed by atoms with van der Waals surface area (Å²) in [5, 5.41) is 9.87. The number of amides is 1. The fourth-order valence-corrected chi connectivity index (χ4v) is 4.03. The van der Waals surface area contributed by atoms with Gasteiger partial charge in [0.25, 0.3) is 20.3 Å². The van der Waals surface area contributed by atoms with E-state index in [9.17, 15) is 17.6 Å². The summed E-state index contributed by atoms with van der Waals surface area (Å²) in [5.41, 5.74) is 1.42. The molecule has 3 aromatic rings. The SMILES string of the molecule is Cc1ccccc1C(=O)Nc1nnc(S(=O)(=O)Nc2ccc(F)cc2)s1. The van der Waals surface area contributed by atoms with Gasteiger partial charge in [0.2, 0.25) is 5.13 Å². The van der Waals surface area contributed by atoms with Gasteiger partial charge in [-0.15, -0.1) is 10.2 Å². The van der Waals surface area contributed by atoms with Crippen molar-refractivity contribution in [3.63, 3.8) is 0 Å². The van der Waals surface area contributed by atoms with Crippen LogP contribution in [0.1, 0.15) is 15.9 Å². The summed E-state index contributed by atoms with van der Waals surface area (Å²) in [7, 11) is -3.99. The van der Waals surface area contributed by atoms with Crippen molar-refractivity contribution in [1.29, 1.82) is 0 Å². The average Bonchev–Trinajstić information content (AvgIpc) is 3.06. The number of benzene rings is 2. The Morgan fingerprint density at radius 1 is 1.08 bits per heavy atom. The summed E-state index contributed by atoms with van der Waals surface area (Å²) >= 11 is 0.712. The molecule has 1 heterocycles. The van der Waals surface area contributed by atoms with Crippen molar-refractivity contribution >= 4 is 38.1 Å². The number of hydrogen-bond acceptors (Lipinski definition) is 6. The highest BCUT2D eigenvalue weighted by Crippen LogP contribution is 2.23. The number of anilines is 2. The van der Waals surface area contributed by atoms with Gasteiger partial charge in [-0.05, 0) is 42.8 Å². The second kappa shape index (κ2) is 7.18. The fourth-order valence-electron chi connectivity index (χ4n) is 2.08. The van der Waals surface area contributed by atoms with Crippen LogP contribution in [0.2, 0.25) is 0 Å². The van der Waals surface area contributed by atoms with E-state index >= 15 is 0 Å². The Hall–Kier alpha value is -2.85. The summed E-state index contributed by atoms with van der Waals surface area (Å²) in [6.45, 7) is 1.79. The summed E-state index contributed by atoms with van der Waals surface area (Å²) in [5.74, 6) is -0.889. The molecule has 0 aliphatic carbocycles. The molecule has 3 rings (SSSR count). The molecule has 0 saturated carbocycles. The Morgan fingerprint density at radius 2 is 1.77 bits per heavy atom. The van der Waals surface area contributed by atoms with Gasteiger partial charge in [-0.1, -0.05) is 29.5 Å². The number of aromatic nitrogens is 2. The van der Waals surface area contributed by atoms with Crippen LogP contribution in [0.25, 0.3) is 0 Å². The first-order chi connectivity index (χ1) is 12.3. The van der Waals surface area contributed by atoms with E-state index in [2.05, 4.69) is 20.2 Å². The molecule has 26 heavy (non-hydrogen) atoms. The van der Waals surface area contributed by atoms with Crippen LogP contribution in [-0.4, -0.2) is 24.5 Å². The second-order valence-electron chi connectivity index (χ2n) is 5.25. The predicted octanol–water partition coefficient (Wildman–Crippen LogP) is 3.04. The Morgan fingerprint density at radius 3 is 2.46 bits per heavy atom. The van der Waals surface area contributed by atoms with Gasteiger partial charge in [0.05, 0.1) is 0 Å². The highest BCUT2D eigenvalue weighted by molar-refractivity contribution is 7.94. The molecule has 1 aromatic heterocycles. The van der Waals surface area contributed by atoms with E-state index in [1.807, 2.05) is 6.07 Å². The normalized spacial score (nSPS) is 11.2. The molecule has 0 saturated heterocycles. The van der Waals surface area contributed by atoms with Crippen LogP contribution in [0.3, 0.4) is 0 Å². The van der Waals surface area contributed by atoms with Crippen LogP contribution in [0.5, 0.6) is 0 Å². The van der Waals surface area contributed by atoms with E-state index in [1.54, 1.807) is 25.1 Å². The maximum absolute atomic E-state index is 12.9. The number of hydrogen-bond donors (Lipinski definition) is 2. The minimum Gasteiger partial charge on any atom is -0.296 e. The molecule has 7 nitrogen and oxygen atoms in total. The van der Waals surface area contributed by atoms with E-state index in [0.29, 0.717) is 16.9 Å². The first-order valence-corrected chi connectivity index (χ1v) is 9.64. The molecule has 2 N–H and O–H groups in total. The summed E-state index contributed by atoms with van der Waals surface area (Å²) in [4.78, 5) is 12.2. The van der Waals surface area contributed by atoms with Crippen molar-refractivity contribution in [1.82, 2.24) is 10.2 Å². The number of aryl methyl sites for hydroxylation is 1. The van der Waals surface area contributed by atoms with Crippen LogP contribution in [0, 0.1) is 12.7 Å². The average molecular weight is 392 g/mol. The van der Waals surface area contributed by atoms with Gasteiger partial charge in [-0.2, -0.15) is 8.42 Å². The first-order valence-electron chi connectivity index (χ1n) is 7.34. The van der Waals surface area contributed by atoms with E-state index < -0.39 is 21.7 Å². The third kappa shape index (κ3) is 4.03. The van der Waals surface area contributed by atoms with Gasteiger partial charge < -0.3 is 0 Å². The van der Waals surface area contributed by atoms with Crippen LogP contribution in [-0.2, 0) is 10.0 Å². The molecule has 134 valence electrons. The highest BCUT2D eigenvalue weighted by Gasteiger charge is 2.21. The quantitative estimate of drug-likeness (QED) is 0.650. The number of carbonyl (C=O) groups is 1. The molecule has 1 amide bonds. The lowest BCUT2D eigenvalue weighted by atomic mass is 10.1. The summed E-state index contributed by atoms with van der Waals surface area (Å²) < 4.78 is 39.5. The monoisotopic (exact) mass is 392 g/mol. The van der Waals surface area contributed by atoms with Gasteiger partial charge in [0.15, 0.2) is 0 Å². The van der Waals surface area contributed by atoms with Crippen LogP contribution in [0.4, 0.5) is 15.2 Å². The third-order valence-electron chi connectivity index (χ3n) is 3.34. The van der Waals surface area contributed by atoms with Crippen molar-refractivity contribution in [2.75, 3.05) is 10.0 Å². The molecule has 0 fully saturated rings. The van der Waals surface area contributed by atoms with E-state index in [4.69, 9.17) is 0 Å². The third-order valence-corrected chi connectivity index (χ3v) is 5.93. The Kier molecular flexibility index (Phi) is 4.96. The van der Waals surface area contributed by atoms with Gasteiger partial charge >= 0.3 is 0 Å². The molecule has 0 bridgehead atoms. The summed E-state index contributed by atoms with van der Waals surface area (Å²) in [6.07, 6.45) is 0. The number of halogens is 1. The number of nitrogens with one attached hydrogen (secondary N) is 2. The molecule has 0 aliphatic rings. The molecular weight excluding hydrogens is 379 g/mol. The number of sulfonamides is 1. The zero-order chi connectivity index (χ0) is 18.7. The molecule has 2 aromatic carbocycles. The van der Waals surface area contributed by atoms with Gasteiger partial charge in [-0.3, -0.25) is 14.8 Å². The standard InChI is InChI=1S/C16H13FN4O3S2/c1-10-4-2-3-5-13(10)14(22)18-15-19-20-16(25-15)26(23,24)21-12-8-6-11(17)7-9-12/h2-9,21H,1H3,(H,18,19,22). The second-order valence-corrected chi connectivity index (χ2v) is 8.09. The lowest BCUT2D eigenvalue weighted by molar-refractivity contribution is 0.102.